The Morgan fingerprint density at radius 1 is 1.25 bits per heavy atom. The molecule has 1 aromatic heterocycles. The topological polar surface area (TPSA) is 90.1 Å². The molecule has 0 unspecified atom stereocenters. The molecule has 2 aromatic carbocycles. The number of benzene rings is 2. The van der Waals surface area contributed by atoms with Crippen molar-refractivity contribution >= 4 is 29.0 Å². The van der Waals surface area contributed by atoms with Gasteiger partial charge in [-0.25, -0.2) is 4.39 Å². The molecule has 0 spiro atoms. The van der Waals surface area contributed by atoms with Gasteiger partial charge in [-0.3, -0.25) is 19.6 Å². The predicted octanol–water partition coefficient (Wildman–Crippen LogP) is 4.50. The highest BCUT2D eigenvalue weighted by Gasteiger charge is 2.16. The molecule has 0 aliphatic rings. The van der Waals surface area contributed by atoms with Gasteiger partial charge in [0.15, 0.2) is 5.82 Å². The molecule has 0 aliphatic heterocycles. The molecule has 28 heavy (non-hydrogen) atoms. The van der Waals surface area contributed by atoms with E-state index in [1.165, 1.54) is 30.3 Å². The Morgan fingerprint density at radius 3 is 2.68 bits per heavy atom. The first kappa shape index (κ1) is 19.5. The molecule has 0 saturated heterocycles. The third-order valence-electron chi connectivity index (χ3n) is 4.23. The highest BCUT2D eigenvalue weighted by atomic mass is 35.5. The van der Waals surface area contributed by atoms with Crippen molar-refractivity contribution in [3.8, 4) is 0 Å². The minimum Gasteiger partial charge on any atom is -0.305 e. The fraction of sp³-hybridized carbons (Fsp3) is 0.158. The van der Waals surface area contributed by atoms with Crippen LogP contribution in [-0.4, -0.2) is 20.6 Å². The first-order valence-corrected chi connectivity index (χ1v) is 8.67. The van der Waals surface area contributed by atoms with E-state index in [1.807, 2.05) is 0 Å². The molecule has 0 radical (unpaired) electrons. The van der Waals surface area contributed by atoms with E-state index in [1.54, 1.807) is 30.7 Å². The zero-order valence-electron chi connectivity index (χ0n) is 15.1. The summed E-state index contributed by atoms with van der Waals surface area (Å²) >= 11 is 6.05. The lowest BCUT2D eigenvalue weighted by atomic mass is 10.1. The number of nitro groups is 1. The average Bonchev–Trinajstić information content (AvgIpc) is 2.96. The highest BCUT2D eigenvalue weighted by Crippen LogP contribution is 2.22. The second kappa shape index (κ2) is 7.77. The number of aryl methyl sites for hydroxylation is 2. The molecule has 3 rings (SSSR count). The van der Waals surface area contributed by atoms with Gasteiger partial charge in [0.05, 0.1) is 11.5 Å². The number of nitrogens with zero attached hydrogens (tertiary/aromatic N) is 3. The van der Waals surface area contributed by atoms with Crippen molar-refractivity contribution in [3.63, 3.8) is 0 Å². The number of hydrogen-bond acceptors (Lipinski definition) is 4. The summed E-state index contributed by atoms with van der Waals surface area (Å²) in [7, 11) is 0. The second-order valence-corrected chi connectivity index (χ2v) is 6.68. The minimum atomic E-state index is -0.530. The standard InChI is InChI=1S/C19H16ClFN4O3/c1-11-3-4-13(8-17(11)25(27)28)19(26)22-18-7-12(2)24(23-18)10-14-5-6-15(21)9-16(14)20/h3-9H,10H2,1-2H3,(H,22,23,26). The number of halogens is 2. The summed E-state index contributed by atoms with van der Waals surface area (Å²) in [5.41, 5.74) is 1.94. The molecule has 9 heteroatoms. The average molecular weight is 403 g/mol. The largest absolute Gasteiger partial charge is 0.305 e. The molecule has 0 saturated carbocycles. The first-order chi connectivity index (χ1) is 13.2. The molecule has 144 valence electrons. The number of rotatable bonds is 5. The summed E-state index contributed by atoms with van der Waals surface area (Å²) < 4.78 is 14.8. The Labute approximate surface area is 164 Å². The summed E-state index contributed by atoms with van der Waals surface area (Å²) in [6.07, 6.45) is 0. The molecule has 1 N–H and O–H groups in total. The van der Waals surface area contributed by atoms with Gasteiger partial charge in [-0.05, 0) is 37.6 Å². The quantitative estimate of drug-likeness (QED) is 0.502. The molecule has 1 heterocycles. The number of anilines is 1. The van der Waals surface area contributed by atoms with Crippen molar-refractivity contribution in [2.45, 2.75) is 20.4 Å². The maximum atomic E-state index is 13.2. The van der Waals surface area contributed by atoms with E-state index in [-0.39, 0.29) is 16.3 Å². The number of amides is 1. The Balaban J connectivity index is 1.79. The summed E-state index contributed by atoms with van der Waals surface area (Å²) in [5.74, 6) is -0.636. The molecule has 0 aliphatic carbocycles. The monoisotopic (exact) mass is 402 g/mol. The molecule has 3 aromatic rings. The number of aromatic nitrogens is 2. The lowest BCUT2D eigenvalue weighted by Gasteiger charge is -2.07. The van der Waals surface area contributed by atoms with E-state index in [9.17, 15) is 19.3 Å². The highest BCUT2D eigenvalue weighted by molar-refractivity contribution is 6.31. The van der Waals surface area contributed by atoms with Gasteiger partial charge in [0.2, 0.25) is 0 Å². The van der Waals surface area contributed by atoms with E-state index < -0.39 is 16.6 Å². The van der Waals surface area contributed by atoms with E-state index in [0.29, 0.717) is 23.5 Å². The Kier molecular flexibility index (Phi) is 5.41. The van der Waals surface area contributed by atoms with Crippen LogP contribution in [0.3, 0.4) is 0 Å². The Bertz CT molecular complexity index is 1080. The van der Waals surface area contributed by atoms with Gasteiger partial charge >= 0.3 is 0 Å². The summed E-state index contributed by atoms with van der Waals surface area (Å²) in [4.78, 5) is 22.9. The summed E-state index contributed by atoms with van der Waals surface area (Å²) in [6, 6.07) is 10.0. The van der Waals surface area contributed by atoms with E-state index in [0.717, 1.165) is 5.69 Å². The van der Waals surface area contributed by atoms with E-state index >= 15 is 0 Å². The van der Waals surface area contributed by atoms with Crippen LogP contribution in [0.4, 0.5) is 15.9 Å². The third kappa shape index (κ3) is 4.17. The van der Waals surface area contributed by atoms with Crippen LogP contribution in [0.1, 0.15) is 27.2 Å². The zero-order valence-corrected chi connectivity index (χ0v) is 15.8. The fourth-order valence-electron chi connectivity index (χ4n) is 2.68. The SMILES string of the molecule is Cc1ccc(C(=O)Nc2cc(C)n(Cc3ccc(F)cc3Cl)n2)cc1[N+](=O)[O-]. The van der Waals surface area contributed by atoms with Crippen LogP contribution in [0.15, 0.2) is 42.5 Å². The predicted molar refractivity (Wildman–Crippen MR) is 103 cm³/mol. The number of nitro benzene ring substituents is 1. The smallest absolute Gasteiger partial charge is 0.273 e. The molecule has 7 nitrogen and oxygen atoms in total. The third-order valence-corrected chi connectivity index (χ3v) is 4.58. The van der Waals surface area contributed by atoms with Crippen LogP contribution in [0.5, 0.6) is 0 Å². The number of hydrogen-bond donors (Lipinski definition) is 1. The van der Waals surface area contributed by atoms with Gasteiger partial charge in [-0.1, -0.05) is 23.7 Å². The van der Waals surface area contributed by atoms with Gasteiger partial charge < -0.3 is 5.32 Å². The van der Waals surface area contributed by atoms with Gasteiger partial charge in [0, 0.05) is 34.0 Å². The van der Waals surface area contributed by atoms with Gasteiger partial charge in [0.1, 0.15) is 5.82 Å². The van der Waals surface area contributed by atoms with Crippen molar-refractivity contribution in [1.29, 1.82) is 0 Å². The van der Waals surface area contributed by atoms with Gasteiger partial charge in [-0.15, -0.1) is 0 Å². The lowest BCUT2D eigenvalue weighted by molar-refractivity contribution is -0.385. The van der Waals surface area contributed by atoms with Crippen LogP contribution in [0.2, 0.25) is 5.02 Å². The van der Waals surface area contributed by atoms with Crippen LogP contribution in [0.25, 0.3) is 0 Å². The normalized spacial score (nSPS) is 10.7. The van der Waals surface area contributed by atoms with Crippen molar-refractivity contribution in [3.05, 3.63) is 85.8 Å². The van der Waals surface area contributed by atoms with Crippen LogP contribution >= 0.6 is 11.6 Å². The maximum Gasteiger partial charge on any atom is 0.273 e. The van der Waals surface area contributed by atoms with E-state index in [2.05, 4.69) is 10.4 Å². The summed E-state index contributed by atoms with van der Waals surface area (Å²) in [5, 5.41) is 18.3. The lowest BCUT2D eigenvalue weighted by Crippen LogP contribution is -2.13. The summed E-state index contributed by atoms with van der Waals surface area (Å²) in [6.45, 7) is 3.71. The molecule has 0 bridgehead atoms. The molecule has 0 fully saturated rings. The Hall–Kier alpha value is -3.26. The number of nitrogens with one attached hydrogen (secondary N) is 1. The van der Waals surface area contributed by atoms with Gasteiger partial charge in [0.25, 0.3) is 11.6 Å². The number of carbonyl (C=O) groups is 1. The minimum absolute atomic E-state index is 0.125. The van der Waals surface area contributed by atoms with Crippen molar-refractivity contribution < 1.29 is 14.1 Å². The van der Waals surface area contributed by atoms with Crippen molar-refractivity contribution in [2.24, 2.45) is 0 Å². The Morgan fingerprint density at radius 2 is 2.00 bits per heavy atom. The fourth-order valence-corrected chi connectivity index (χ4v) is 2.91. The van der Waals surface area contributed by atoms with E-state index in [4.69, 9.17) is 11.6 Å². The van der Waals surface area contributed by atoms with Crippen LogP contribution in [-0.2, 0) is 6.54 Å². The molecular formula is C19H16ClFN4O3. The molecular weight excluding hydrogens is 387 g/mol. The molecule has 1 amide bonds. The number of carbonyl (C=O) groups excluding carboxylic acids is 1. The van der Waals surface area contributed by atoms with Crippen LogP contribution in [0, 0.1) is 29.8 Å². The maximum absolute atomic E-state index is 13.2. The van der Waals surface area contributed by atoms with Crippen molar-refractivity contribution in [2.75, 3.05) is 5.32 Å². The zero-order chi connectivity index (χ0) is 20.4. The second-order valence-electron chi connectivity index (χ2n) is 6.28. The molecule has 0 atom stereocenters. The van der Waals surface area contributed by atoms with Gasteiger partial charge in [-0.2, -0.15) is 5.10 Å². The van der Waals surface area contributed by atoms with Crippen LogP contribution < -0.4 is 5.32 Å². The first-order valence-electron chi connectivity index (χ1n) is 8.29. The van der Waals surface area contributed by atoms with Crippen molar-refractivity contribution in [1.82, 2.24) is 9.78 Å².